The molecule has 1 amide bonds. The van der Waals surface area contributed by atoms with Gasteiger partial charge in [0, 0.05) is 35.7 Å². The molecule has 0 saturated heterocycles. The molecule has 2 N–H and O–H groups in total. The molecule has 0 aliphatic carbocycles. The zero-order valence-corrected chi connectivity index (χ0v) is 16.0. The summed E-state index contributed by atoms with van der Waals surface area (Å²) in [7, 11) is 0. The topological polar surface area (TPSA) is 93.4 Å². The molecule has 1 atom stereocenters. The molecule has 4 aromatic rings. The molecule has 1 unspecified atom stereocenters. The van der Waals surface area contributed by atoms with Crippen LogP contribution in [0.5, 0.6) is 0 Å². The molecule has 8 heteroatoms. The lowest BCUT2D eigenvalue weighted by molar-refractivity contribution is -0.116. The van der Waals surface area contributed by atoms with Crippen molar-refractivity contribution in [3.05, 3.63) is 53.0 Å². The highest BCUT2D eigenvalue weighted by molar-refractivity contribution is 5.95. The third-order valence-corrected chi connectivity index (χ3v) is 5.50. The number of rotatable bonds is 3. The van der Waals surface area contributed by atoms with Gasteiger partial charge >= 0.3 is 0 Å². The highest BCUT2D eigenvalue weighted by Gasteiger charge is 2.34. The molecule has 4 heterocycles. The first-order chi connectivity index (χ1) is 13.6. The number of anilines is 1. The van der Waals surface area contributed by atoms with Crippen molar-refractivity contribution in [2.45, 2.75) is 39.7 Å². The van der Waals surface area contributed by atoms with Gasteiger partial charge in [-0.25, -0.2) is 4.98 Å². The van der Waals surface area contributed by atoms with Gasteiger partial charge in [-0.2, -0.15) is 14.9 Å². The Morgan fingerprint density at radius 1 is 1.25 bits per heavy atom. The van der Waals surface area contributed by atoms with Crippen LogP contribution in [0.3, 0.4) is 0 Å². The second-order valence-electron chi connectivity index (χ2n) is 7.14. The van der Waals surface area contributed by atoms with Gasteiger partial charge in [0.2, 0.25) is 11.9 Å². The summed E-state index contributed by atoms with van der Waals surface area (Å²) in [5.41, 5.74) is 5.86. The number of imidazole rings is 1. The highest BCUT2D eigenvalue weighted by atomic mass is 16.1. The van der Waals surface area contributed by atoms with Gasteiger partial charge in [-0.15, -0.1) is 0 Å². The van der Waals surface area contributed by atoms with Gasteiger partial charge in [0.05, 0.1) is 22.9 Å². The van der Waals surface area contributed by atoms with E-state index in [1.54, 1.807) is 4.68 Å². The number of aryl methyl sites for hydroxylation is 2. The van der Waals surface area contributed by atoms with Gasteiger partial charge in [-0.05, 0) is 32.9 Å². The SMILES string of the molecule is CCn1ncc(C2CC(=O)Nc3c2c(C)nn3-c2nc3ccccc3[nH]2)c1C. The Morgan fingerprint density at radius 3 is 2.82 bits per heavy atom. The first kappa shape index (κ1) is 16.7. The van der Waals surface area contributed by atoms with Gasteiger partial charge in [-0.3, -0.25) is 9.48 Å². The maximum absolute atomic E-state index is 12.6. The summed E-state index contributed by atoms with van der Waals surface area (Å²) in [6.07, 6.45) is 2.26. The minimum absolute atomic E-state index is 0.0293. The number of carbonyl (C=O) groups is 1. The number of H-pyrrole nitrogens is 1. The average Bonchev–Trinajstić information content (AvgIpc) is 3.36. The van der Waals surface area contributed by atoms with E-state index < -0.39 is 0 Å². The zero-order chi connectivity index (χ0) is 19.4. The molecule has 0 spiro atoms. The van der Waals surface area contributed by atoms with Crippen LogP contribution in [-0.4, -0.2) is 35.4 Å². The van der Waals surface area contributed by atoms with Crippen molar-refractivity contribution in [1.29, 1.82) is 0 Å². The molecule has 142 valence electrons. The van der Waals surface area contributed by atoms with E-state index >= 15 is 0 Å². The third-order valence-electron chi connectivity index (χ3n) is 5.50. The molecule has 3 aromatic heterocycles. The predicted molar refractivity (Wildman–Crippen MR) is 106 cm³/mol. The first-order valence-electron chi connectivity index (χ1n) is 9.43. The van der Waals surface area contributed by atoms with E-state index in [1.165, 1.54) is 0 Å². The van der Waals surface area contributed by atoms with E-state index in [0.717, 1.165) is 40.1 Å². The van der Waals surface area contributed by atoms with Crippen LogP contribution in [0.25, 0.3) is 17.0 Å². The van der Waals surface area contributed by atoms with Gasteiger partial charge in [0.1, 0.15) is 5.82 Å². The van der Waals surface area contributed by atoms with Crippen LogP contribution in [0.4, 0.5) is 5.82 Å². The largest absolute Gasteiger partial charge is 0.322 e. The highest BCUT2D eigenvalue weighted by Crippen LogP contribution is 2.41. The Kier molecular flexibility index (Phi) is 3.61. The van der Waals surface area contributed by atoms with Crippen LogP contribution in [0.15, 0.2) is 30.5 Å². The Bertz CT molecular complexity index is 1180. The number of nitrogens with one attached hydrogen (secondary N) is 2. The fourth-order valence-corrected chi connectivity index (χ4v) is 4.13. The Morgan fingerprint density at radius 2 is 2.07 bits per heavy atom. The van der Waals surface area contributed by atoms with Gasteiger partial charge in [-0.1, -0.05) is 12.1 Å². The average molecular weight is 375 g/mol. The first-order valence-corrected chi connectivity index (χ1v) is 9.43. The molecule has 5 rings (SSSR count). The van der Waals surface area contributed by atoms with E-state index in [9.17, 15) is 4.79 Å². The third kappa shape index (κ3) is 2.37. The second kappa shape index (κ2) is 6.05. The summed E-state index contributed by atoms with van der Waals surface area (Å²) >= 11 is 0. The van der Waals surface area contributed by atoms with Crippen molar-refractivity contribution < 1.29 is 4.79 Å². The maximum Gasteiger partial charge on any atom is 0.231 e. The van der Waals surface area contributed by atoms with E-state index in [-0.39, 0.29) is 11.8 Å². The quantitative estimate of drug-likeness (QED) is 0.575. The van der Waals surface area contributed by atoms with Crippen molar-refractivity contribution in [3.63, 3.8) is 0 Å². The molecule has 1 aromatic carbocycles. The van der Waals surface area contributed by atoms with Crippen LogP contribution in [0, 0.1) is 13.8 Å². The summed E-state index contributed by atoms with van der Waals surface area (Å²) in [4.78, 5) is 20.5. The van der Waals surface area contributed by atoms with Crippen molar-refractivity contribution in [1.82, 2.24) is 29.5 Å². The van der Waals surface area contributed by atoms with E-state index in [1.807, 2.05) is 42.1 Å². The number of nitrogens with zero attached hydrogens (tertiary/aromatic N) is 5. The fourth-order valence-electron chi connectivity index (χ4n) is 4.13. The predicted octanol–water partition coefficient (Wildman–Crippen LogP) is 3.06. The van der Waals surface area contributed by atoms with Crippen LogP contribution in [0.2, 0.25) is 0 Å². The lowest BCUT2D eigenvalue weighted by atomic mass is 9.86. The number of aromatic nitrogens is 6. The van der Waals surface area contributed by atoms with Gasteiger partial charge < -0.3 is 10.3 Å². The van der Waals surface area contributed by atoms with Gasteiger partial charge in [0.15, 0.2) is 0 Å². The normalized spacial score (nSPS) is 16.4. The smallest absolute Gasteiger partial charge is 0.231 e. The van der Waals surface area contributed by atoms with Crippen LogP contribution < -0.4 is 5.32 Å². The minimum Gasteiger partial charge on any atom is -0.322 e. The van der Waals surface area contributed by atoms with Gasteiger partial charge in [0.25, 0.3) is 0 Å². The standard InChI is InChI=1S/C20H21N7O/c1-4-26-12(3)14(10-21-26)13-9-17(28)24-19-18(13)11(2)25-27(19)20-22-15-7-5-6-8-16(15)23-20/h5-8,10,13H,4,9H2,1-3H3,(H,22,23)(H,24,28). The molecule has 8 nitrogen and oxygen atoms in total. The molecule has 1 aliphatic heterocycles. The number of hydrogen-bond acceptors (Lipinski definition) is 4. The Balaban J connectivity index is 1.68. The second-order valence-corrected chi connectivity index (χ2v) is 7.14. The monoisotopic (exact) mass is 375 g/mol. The number of aromatic amines is 1. The summed E-state index contributed by atoms with van der Waals surface area (Å²) in [5, 5.41) is 12.2. The van der Waals surface area contributed by atoms with Crippen molar-refractivity contribution in [2.75, 3.05) is 5.32 Å². The van der Waals surface area contributed by atoms with Crippen molar-refractivity contribution in [3.8, 4) is 5.95 Å². The molecule has 1 aliphatic rings. The van der Waals surface area contributed by atoms with Crippen LogP contribution in [0.1, 0.15) is 41.8 Å². The lowest BCUT2D eigenvalue weighted by Crippen LogP contribution is -2.25. The number of benzene rings is 1. The molecule has 0 fully saturated rings. The van der Waals surface area contributed by atoms with Crippen molar-refractivity contribution >= 4 is 22.8 Å². The molecule has 0 saturated carbocycles. The lowest BCUT2D eigenvalue weighted by Gasteiger charge is -2.23. The molecular formula is C20H21N7O. The maximum atomic E-state index is 12.6. The summed E-state index contributed by atoms with van der Waals surface area (Å²) in [6.45, 7) is 6.89. The number of hydrogen-bond donors (Lipinski definition) is 2. The van der Waals surface area contributed by atoms with E-state index in [0.29, 0.717) is 18.2 Å². The molecule has 0 radical (unpaired) electrons. The number of fused-ring (bicyclic) bond motifs is 2. The Hall–Kier alpha value is -3.42. The summed E-state index contributed by atoms with van der Waals surface area (Å²) in [5.74, 6) is 1.18. The van der Waals surface area contributed by atoms with Crippen molar-refractivity contribution in [2.24, 2.45) is 0 Å². The summed E-state index contributed by atoms with van der Waals surface area (Å²) in [6, 6.07) is 7.82. The number of para-hydroxylation sites is 2. The molecular weight excluding hydrogens is 354 g/mol. The fraction of sp³-hybridized carbons (Fsp3) is 0.300. The number of amides is 1. The Labute approximate surface area is 161 Å². The minimum atomic E-state index is -0.0674. The van der Waals surface area contributed by atoms with Crippen LogP contribution >= 0.6 is 0 Å². The van der Waals surface area contributed by atoms with E-state index in [2.05, 4.69) is 34.2 Å². The zero-order valence-electron chi connectivity index (χ0n) is 16.0. The van der Waals surface area contributed by atoms with E-state index in [4.69, 9.17) is 5.10 Å². The number of carbonyl (C=O) groups excluding carboxylic acids is 1. The molecule has 0 bridgehead atoms. The molecule has 28 heavy (non-hydrogen) atoms. The summed E-state index contributed by atoms with van der Waals surface area (Å²) < 4.78 is 3.66. The van der Waals surface area contributed by atoms with Crippen LogP contribution in [-0.2, 0) is 11.3 Å².